The summed E-state index contributed by atoms with van der Waals surface area (Å²) in [5.74, 6) is 1.52. The fourth-order valence-electron chi connectivity index (χ4n) is 2.98. The number of rotatable bonds is 6. The molecule has 0 aromatic heterocycles. The van der Waals surface area contributed by atoms with Gasteiger partial charge in [-0.15, -0.1) is 0 Å². The van der Waals surface area contributed by atoms with Gasteiger partial charge in [0.1, 0.15) is 0 Å². The van der Waals surface area contributed by atoms with Crippen LogP contribution in [0.25, 0.3) is 0 Å². The zero-order chi connectivity index (χ0) is 15.2. The molecule has 1 heterocycles. The van der Waals surface area contributed by atoms with E-state index in [4.69, 9.17) is 14.2 Å². The maximum Gasteiger partial charge on any atom is 0.161 e. The van der Waals surface area contributed by atoms with E-state index in [1.54, 1.807) is 14.2 Å². The standard InChI is InChI=1S/C16H26N2O3/c1-5-18-8-9-21-15(11-17-2)16(18)12-6-7-13(19-3)14(10-12)20-4/h6-7,10,15-17H,5,8-9,11H2,1-4H3. The Morgan fingerprint density at radius 3 is 2.67 bits per heavy atom. The first kappa shape index (κ1) is 16.1. The van der Waals surface area contributed by atoms with E-state index in [9.17, 15) is 0 Å². The van der Waals surface area contributed by atoms with E-state index in [1.807, 2.05) is 13.1 Å². The van der Waals surface area contributed by atoms with Crippen molar-refractivity contribution in [1.82, 2.24) is 10.2 Å². The van der Waals surface area contributed by atoms with Crippen LogP contribution in [0.5, 0.6) is 11.5 Å². The fraction of sp³-hybridized carbons (Fsp3) is 0.625. The van der Waals surface area contributed by atoms with Crippen molar-refractivity contribution in [3.05, 3.63) is 23.8 Å². The van der Waals surface area contributed by atoms with Crippen LogP contribution in [0.3, 0.4) is 0 Å². The quantitative estimate of drug-likeness (QED) is 0.865. The number of hydrogen-bond donors (Lipinski definition) is 1. The molecule has 1 saturated heterocycles. The lowest BCUT2D eigenvalue weighted by molar-refractivity contribution is -0.0687. The lowest BCUT2D eigenvalue weighted by Crippen LogP contribution is -2.48. The zero-order valence-electron chi connectivity index (χ0n) is 13.4. The van der Waals surface area contributed by atoms with Crippen molar-refractivity contribution < 1.29 is 14.2 Å². The molecule has 5 nitrogen and oxygen atoms in total. The smallest absolute Gasteiger partial charge is 0.161 e. The summed E-state index contributed by atoms with van der Waals surface area (Å²) >= 11 is 0. The third-order valence-electron chi connectivity index (χ3n) is 4.02. The maximum atomic E-state index is 5.97. The predicted molar refractivity (Wildman–Crippen MR) is 83.2 cm³/mol. The molecule has 1 aromatic rings. The van der Waals surface area contributed by atoms with Gasteiger partial charge in [-0.1, -0.05) is 13.0 Å². The number of hydrogen-bond acceptors (Lipinski definition) is 5. The van der Waals surface area contributed by atoms with Crippen LogP contribution in [0.4, 0.5) is 0 Å². The van der Waals surface area contributed by atoms with Crippen molar-refractivity contribution >= 4 is 0 Å². The first-order chi connectivity index (χ1) is 10.2. The van der Waals surface area contributed by atoms with Gasteiger partial charge in [-0.2, -0.15) is 0 Å². The predicted octanol–water partition coefficient (Wildman–Crippen LogP) is 1.68. The summed E-state index contributed by atoms with van der Waals surface area (Å²) in [6.07, 6.45) is 0.141. The van der Waals surface area contributed by atoms with E-state index >= 15 is 0 Å². The number of likely N-dealkylation sites (N-methyl/N-ethyl adjacent to an activating group) is 2. The van der Waals surface area contributed by atoms with E-state index < -0.39 is 0 Å². The second kappa shape index (κ2) is 7.64. The Balaban J connectivity index is 2.33. The van der Waals surface area contributed by atoms with Crippen LogP contribution >= 0.6 is 0 Å². The molecule has 0 saturated carbocycles. The van der Waals surface area contributed by atoms with Crippen LogP contribution < -0.4 is 14.8 Å². The molecule has 118 valence electrons. The average Bonchev–Trinajstić information content (AvgIpc) is 2.54. The van der Waals surface area contributed by atoms with Gasteiger partial charge >= 0.3 is 0 Å². The minimum absolute atomic E-state index is 0.141. The van der Waals surface area contributed by atoms with Gasteiger partial charge < -0.3 is 19.5 Å². The van der Waals surface area contributed by atoms with Crippen molar-refractivity contribution in [3.8, 4) is 11.5 Å². The van der Waals surface area contributed by atoms with Crippen LogP contribution in [-0.2, 0) is 4.74 Å². The molecule has 5 heteroatoms. The molecule has 1 aliphatic rings. The van der Waals surface area contributed by atoms with Crippen LogP contribution in [0.2, 0.25) is 0 Å². The van der Waals surface area contributed by atoms with Crippen molar-refractivity contribution in [3.63, 3.8) is 0 Å². The fourth-order valence-corrected chi connectivity index (χ4v) is 2.98. The van der Waals surface area contributed by atoms with E-state index in [0.717, 1.165) is 37.7 Å². The Labute approximate surface area is 127 Å². The molecule has 2 unspecified atom stereocenters. The van der Waals surface area contributed by atoms with Crippen molar-refractivity contribution in [2.45, 2.75) is 19.1 Å². The van der Waals surface area contributed by atoms with Crippen molar-refractivity contribution in [2.24, 2.45) is 0 Å². The Hall–Kier alpha value is -1.30. The lowest BCUT2D eigenvalue weighted by atomic mass is 9.97. The first-order valence-electron chi connectivity index (χ1n) is 7.47. The second-order valence-corrected chi connectivity index (χ2v) is 5.15. The number of ether oxygens (including phenoxy) is 3. The summed E-state index contributed by atoms with van der Waals surface area (Å²) in [7, 11) is 5.28. The molecule has 1 fully saturated rings. The highest BCUT2D eigenvalue weighted by Gasteiger charge is 2.32. The van der Waals surface area contributed by atoms with E-state index in [-0.39, 0.29) is 12.1 Å². The highest BCUT2D eigenvalue weighted by molar-refractivity contribution is 5.44. The van der Waals surface area contributed by atoms with E-state index in [1.165, 1.54) is 5.56 Å². The molecule has 2 rings (SSSR count). The number of methoxy groups -OCH3 is 2. The molecule has 1 N–H and O–H groups in total. The first-order valence-corrected chi connectivity index (χ1v) is 7.47. The van der Waals surface area contributed by atoms with Gasteiger partial charge in [0.2, 0.25) is 0 Å². The minimum atomic E-state index is 0.141. The van der Waals surface area contributed by atoms with Crippen LogP contribution in [0.1, 0.15) is 18.5 Å². The van der Waals surface area contributed by atoms with Crippen LogP contribution in [0.15, 0.2) is 18.2 Å². The van der Waals surface area contributed by atoms with Gasteiger partial charge in [0.25, 0.3) is 0 Å². The summed E-state index contributed by atoms with van der Waals surface area (Å²) in [6.45, 7) is 5.76. The number of morpholine rings is 1. The highest BCUT2D eigenvalue weighted by atomic mass is 16.5. The monoisotopic (exact) mass is 294 g/mol. The molecule has 0 radical (unpaired) electrons. The van der Waals surface area contributed by atoms with Gasteiger partial charge in [-0.3, -0.25) is 4.90 Å². The summed E-state index contributed by atoms with van der Waals surface area (Å²) in [5.41, 5.74) is 1.20. The maximum absolute atomic E-state index is 5.97. The molecular formula is C16H26N2O3. The van der Waals surface area contributed by atoms with Crippen molar-refractivity contribution in [2.75, 3.05) is 47.5 Å². The summed E-state index contributed by atoms with van der Waals surface area (Å²) in [6, 6.07) is 6.36. The van der Waals surface area contributed by atoms with Gasteiger partial charge in [0, 0.05) is 13.1 Å². The number of nitrogens with zero attached hydrogens (tertiary/aromatic N) is 1. The second-order valence-electron chi connectivity index (χ2n) is 5.15. The molecule has 0 aliphatic carbocycles. The Morgan fingerprint density at radius 2 is 2.05 bits per heavy atom. The average molecular weight is 294 g/mol. The number of benzene rings is 1. The Morgan fingerprint density at radius 1 is 1.29 bits per heavy atom. The van der Waals surface area contributed by atoms with Crippen molar-refractivity contribution in [1.29, 1.82) is 0 Å². The number of nitrogens with one attached hydrogen (secondary N) is 1. The normalized spacial score (nSPS) is 23.0. The van der Waals surface area contributed by atoms with Crippen LogP contribution in [-0.4, -0.2) is 58.5 Å². The molecule has 2 atom stereocenters. The molecule has 0 bridgehead atoms. The van der Waals surface area contributed by atoms with Gasteiger partial charge in [-0.05, 0) is 31.3 Å². The SMILES string of the molecule is CCN1CCOC(CNC)C1c1ccc(OC)c(OC)c1. The van der Waals surface area contributed by atoms with Gasteiger partial charge in [0.15, 0.2) is 11.5 Å². The summed E-state index contributed by atoms with van der Waals surface area (Å²) < 4.78 is 16.7. The molecular weight excluding hydrogens is 268 g/mol. The topological polar surface area (TPSA) is 43.0 Å². The molecule has 0 spiro atoms. The minimum Gasteiger partial charge on any atom is -0.493 e. The summed E-state index contributed by atoms with van der Waals surface area (Å²) in [5, 5.41) is 3.23. The Bertz CT molecular complexity index is 451. The Kier molecular flexibility index (Phi) is 5.85. The third-order valence-corrected chi connectivity index (χ3v) is 4.02. The lowest BCUT2D eigenvalue weighted by Gasteiger charge is -2.41. The molecule has 1 aromatic carbocycles. The third kappa shape index (κ3) is 3.48. The van der Waals surface area contributed by atoms with Gasteiger partial charge in [0.05, 0.1) is 33.0 Å². The largest absolute Gasteiger partial charge is 0.493 e. The zero-order valence-corrected chi connectivity index (χ0v) is 13.4. The van der Waals surface area contributed by atoms with Crippen LogP contribution in [0, 0.1) is 0 Å². The highest BCUT2D eigenvalue weighted by Crippen LogP contribution is 2.35. The molecule has 21 heavy (non-hydrogen) atoms. The van der Waals surface area contributed by atoms with E-state index in [0.29, 0.717) is 0 Å². The van der Waals surface area contributed by atoms with E-state index in [2.05, 4.69) is 29.3 Å². The molecule has 1 aliphatic heterocycles. The summed E-state index contributed by atoms with van der Waals surface area (Å²) in [4.78, 5) is 2.45. The molecule has 0 amide bonds. The van der Waals surface area contributed by atoms with Gasteiger partial charge in [-0.25, -0.2) is 0 Å².